The van der Waals surface area contributed by atoms with Crippen molar-refractivity contribution in [3.63, 3.8) is 0 Å². The molecule has 1 aromatic carbocycles. The fraction of sp³-hybridized carbons (Fsp3) is 0.520. The van der Waals surface area contributed by atoms with Gasteiger partial charge in [0.15, 0.2) is 5.82 Å². The van der Waals surface area contributed by atoms with E-state index in [0.29, 0.717) is 34.2 Å². The highest BCUT2D eigenvalue weighted by atomic mass is 19.1. The third-order valence-corrected chi connectivity index (χ3v) is 8.40. The van der Waals surface area contributed by atoms with E-state index < -0.39 is 11.0 Å². The number of rotatable bonds is 4. The van der Waals surface area contributed by atoms with Gasteiger partial charge in [-0.2, -0.15) is 10.4 Å². The number of hydrogen-bond acceptors (Lipinski definition) is 6. The van der Waals surface area contributed by atoms with Crippen LogP contribution in [0.2, 0.25) is 0 Å². The zero-order chi connectivity index (χ0) is 23.2. The topological polar surface area (TPSA) is 90.9 Å². The van der Waals surface area contributed by atoms with E-state index in [1.807, 2.05) is 32.9 Å². The van der Waals surface area contributed by atoms with Gasteiger partial charge >= 0.3 is 0 Å². The number of halogens is 1. The fourth-order valence-electron chi connectivity index (χ4n) is 5.94. The Balaban J connectivity index is 1.43. The van der Waals surface area contributed by atoms with Crippen molar-refractivity contribution < 1.29 is 9.50 Å². The summed E-state index contributed by atoms with van der Waals surface area (Å²) in [6, 6.07) is 8.03. The molecule has 7 nitrogen and oxygen atoms in total. The summed E-state index contributed by atoms with van der Waals surface area (Å²) in [4.78, 5) is 11.5. The monoisotopic (exact) mass is 446 g/mol. The van der Waals surface area contributed by atoms with E-state index in [0.717, 1.165) is 44.5 Å². The molecule has 33 heavy (non-hydrogen) atoms. The summed E-state index contributed by atoms with van der Waals surface area (Å²) in [6.45, 7) is 6.37. The van der Waals surface area contributed by atoms with Gasteiger partial charge in [0.25, 0.3) is 0 Å². The smallest absolute Gasteiger partial charge is 0.159 e. The average molecular weight is 447 g/mol. The molecule has 2 aliphatic heterocycles. The first-order valence-corrected chi connectivity index (χ1v) is 11.6. The van der Waals surface area contributed by atoms with Crippen LogP contribution in [0.25, 0.3) is 16.7 Å². The molecule has 4 heterocycles. The van der Waals surface area contributed by atoms with E-state index in [-0.39, 0.29) is 11.2 Å². The Morgan fingerprint density at radius 1 is 1.18 bits per heavy atom. The van der Waals surface area contributed by atoms with Crippen molar-refractivity contribution in [1.82, 2.24) is 19.7 Å². The minimum atomic E-state index is -0.743. The van der Waals surface area contributed by atoms with Crippen molar-refractivity contribution >= 4 is 16.7 Å². The number of aryl methyl sites for hydroxylation is 1. The van der Waals surface area contributed by atoms with Gasteiger partial charge in [-0.25, -0.2) is 19.0 Å². The Bertz CT molecular complexity index is 1320. The van der Waals surface area contributed by atoms with Crippen LogP contribution in [0.15, 0.2) is 24.4 Å². The Morgan fingerprint density at radius 2 is 1.91 bits per heavy atom. The quantitative estimate of drug-likeness (QED) is 0.653. The van der Waals surface area contributed by atoms with Gasteiger partial charge < -0.3 is 10.0 Å². The zero-order valence-corrected chi connectivity index (χ0v) is 19.1. The highest BCUT2D eigenvalue weighted by Gasteiger charge is 2.62. The third kappa shape index (κ3) is 2.78. The maximum atomic E-state index is 15.0. The van der Waals surface area contributed by atoms with E-state index in [1.54, 1.807) is 4.68 Å². The summed E-state index contributed by atoms with van der Waals surface area (Å²) in [5.41, 5.74) is -0.149. The lowest BCUT2D eigenvalue weighted by Crippen LogP contribution is -2.50. The summed E-state index contributed by atoms with van der Waals surface area (Å²) >= 11 is 0. The molecule has 170 valence electrons. The minimum Gasteiger partial charge on any atom is -0.390 e. The molecule has 0 radical (unpaired) electrons. The largest absolute Gasteiger partial charge is 0.390 e. The van der Waals surface area contributed by atoms with Crippen LogP contribution in [0, 0.1) is 29.5 Å². The number of hydrogen-bond donors (Lipinski definition) is 1. The number of aliphatic hydroxyl groups is 1. The van der Waals surface area contributed by atoms with Crippen LogP contribution in [0.3, 0.4) is 0 Å². The van der Waals surface area contributed by atoms with E-state index in [4.69, 9.17) is 0 Å². The Kier molecular flexibility index (Phi) is 4.05. The van der Waals surface area contributed by atoms with E-state index in [9.17, 15) is 14.8 Å². The molecule has 4 fully saturated rings. The second-order valence-electron chi connectivity index (χ2n) is 10.7. The Labute approximate surface area is 191 Å². The number of anilines is 1. The van der Waals surface area contributed by atoms with Crippen LogP contribution in [0.5, 0.6) is 0 Å². The van der Waals surface area contributed by atoms with E-state index in [2.05, 4.69) is 26.0 Å². The van der Waals surface area contributed by atoms with Crippen LogP contribution in [0.4, 0.5) is 10.2 Å². The Hall–Kier alpha value is -3.05. The molecule has 0 unspecified atom stereocenters. The molecule has 4 aliphatic rings. The molecular weight excluding hydrogens is 419 g/mol. The van der Waals surface area contributed by atoms with E-state index in [1.165, 1.54) is 12.3 Å². The predicted molar refractivity (Wildman–Crippen MR) is 122 cm³/mol. The van der Waals surface area contributed by atoms with Gasteiger partial charge in [0, 0.05) is 24.1 Å². The summed E-state index contributed by atoms with van der Waals surface area (Å²) in [5.74, 6) is 1.62. The highest BCUT2D eigenvalue weighted by Crippen LogP contribution is 2.58. The number of fused-ring (bicyclic) bond motifs is 2. The molecule has 7 rings (SSSR count). The molecule has 1 N–H and O–H groups in total. The van der Waals surface area contributed by atoms with Gasteiger partial charge in [-0.3, -0.25) is 0 Å². The molecule has 3 aromatic rings. The van der Waals surface area contributed by atoms with Gasteiger partial charge in [0.2, 0.25) is 0 Å². The lowest BCUT2D eigenvalue weighted by molar-refractivity contribution is -0.0754. The lowest BCUT2D eigenvalue weighted by atomic mass is 9.61. The van der Waals surface area contributed by atoms with E-state index >= 15 is 0 Å². The fourth-order valence-corrected chi connectivity index (χ4v) is 5.94. The SMILES string of the molecule is Cc1nc(N2CC3(C(C)(C)O)CC2C3)cc(-n2ncc3c(F)cc(C4(C#N)CCC4)cc32)n1. The summed E-state index contributed by atoms with van der Waals surface area (Å²) < 4.78 is 16.6. The third-order valence-electron chi connectivity index (χ3n) is 8.40. The van der Waals surface area contributed by atoms with Crippen LogP contribution in [-0.4, -0.2) is 43.0 Å². The van der Waals surface area contributed by atoms with Crippen molar-refractivity contribution in [2.45, 2.75) is 69.9 Å². The van der Waals surface area contributed by atoms with Crippen LogP contribution < -0.4 is 4.90 Å². The maximum Gasteiger partial charge on any atom is 0.159 e. The van der Waals surface area contributed by atoms with Gasteiger partial charge in [-0.05, 0) is 70.6 Å². The number of nitriles is 1. The van der Waals surface area contributed by atoms with Gasteiger partial charge in [0.1, 0.15) is 17.5 Å². The highest BCUT2D eigenvalue weighted by molar-refractivity contribution is 5.82. The van der Waals surface area contributed by atoms with Crippen molar-refractivity contribution in [2.75, 3.05) is 11.4 Å². The number of benzene rings is 1. The molecule has 0 atom stereocenters. The van der Waals surface area contributed by atoms with Crippen LogP contribution in [0.1, 0.15) is 57.3 Å². The minimum absolute atomic E-state index is 0.110. The van der Waals surface area contributed by atoms with Gasteiger partial charge in [-0.15, -0.1) is 0 Å². The van der Waals surface area contributed by atoms with Crippen LogP contribution >= 0.6 is 0 Å². The molecule has 2 bridgehead atoms. The second kappa shape index (κ2) is 6.51. The average Bonchev–Trinajstić information content (AvgIpc) is 3.38. The number of aromatic nitrogens is 4. The summed E-state index contributed by atoms with van der Waals surface area (Å²) in [6.07, 6.45) is 5.89. The van der Waals surface area contributed by atoms with Gasteiger partial charge in [0.05, 0.1) is 34.2 Å². The summed E-state index contributed by atoms with van der Waals surface area (Å²) in [5, 5.41) is 25.3. The van der Waals surface area contributed by atoms with Crippen molar-refractivity contribution in [1.29, 1.82) is 5.26 Å². The molecule has 0 amide bonds. The van der Waals surface area contributed by atoms with Crippen molar-refractivity contribution in [3.05, 3.63) is 41.6 Å². The predicted octanol–water partition coefficient (Wildman–Crippen LogP) is 3.95. The standard InChI is InChI=1S/C25H27FN6O/c1-15-29-21(31-14-25(23(2,3)33)10-17(31)11-25)9-22(30-15)32-20-8-16(24(13-27)5-4-6-24)7-19(26)18(20)12-28-32/h7-9,12,17,33H,4-6,10-11,14H2,1-3H3. The first-order valence-electron chi connectivity index (χ1n) is 11.6. The molecule has 2 aromatic heterocycles. The number of nitrogens with zero attached hydrogens (tertiary/aromatic N) is 6. The molecule has 2 saturated heterocycles. The molecule has 8 heteroatoms. The summed E-state index contributed by atoms with van der Waals surface area (Å²) in [7, 11) is 0. The van der Waals surface area contributed by atoms with Crippen molar-refractivity contribution in [2.24, 2.45) is 5.41 Å². The zero-order valence-electron chi connectivity index (χ0n) is 19.1. The van der Waals surface area contributed by atoms with Crippen molar-refractivity contribution in [3.8, 4) is 11.9 Å². The van der Waals surface area contributed by atoms with Gasteiger partial charge in [-0.1, -0.05) is 0 Å². The normalized spacial score (nSPS) is 25.6. The molecule has 2 aliphatic carbocycles. The molecule has 0 spiro atoms. The molecular formula is C25H27FN6O. The lowest BCUT2D eigenvalue weighted by Gasteiger charge is -2.45. The maximum absolute atomic E-state index is 15.0. The molecule has 2 saturated carbocycles. The Morgan fingerprint density at radius 3 is 2.52 bits per heavy atom. The first-order chi connectivity index (χ1) is 15.6. The first kappa shape index (κ1) is 20.5. The second-order valence-corrected chi connectivity index (χ2v) is 10.7. The van der Waals surface area contributed by atoms with Crippen LogP contribution in [-0.2, 0) is 5.41 Å².